The fourth-order valence-electron chi connectivity index (χ4n) is 1.35. The van der Waals surface area contributed by atoms with E-state index in [-0.39, 0.29) is 6.61 Å². The third kappa shape index (κ3) is 1.83. The van der Waals surface area contributed by atoms with Gasteiger partial charge in [0.2, 0.25) is 0 Å². The highest BCUT2D eigenvalue weighted by Gasteiger charge is 2.06. The van der Waals surface area contributed by atoms with Crippen LogP contribution in [0.1, 0.15) is 17.0 Å². The van der Waals surface area contributed by atoms with Gasteiger partial charge in [0.05, 0.1) is 6.61 Å². The molecule has 0 aliphatic rings. The molecule has 0 amide bonds. The van der Waals surface area contributed by atoms with Crippen molar-refractivity contribution in [2.45, 2.75) is 13.0 Å². The highest BCUT2D eigenvalue weighted by Crippen LogP contribution is 2.12. The predicted molar refractivity (Wildman–Crippen MR) is 51.7 cm³/mol. The van der Waals surface area contributed by atoms with Crippen LogP contribution in [-0.4, -0.2) is 10.1 Å². The van der Waals surface area contributed by atoms with Crippen molar-refractivity contribution in [1.82, 2.24) is 4.98 Å². The summed E-state index contributed by atoms with van der Waals surface area (Å²) < 4.78 is 5.19. The zero-order chi connectivity index (χ0) is 9.80. The monoisotopic (exact) mass is 189 g/mol. The first kappa shape index (κ1) is 8.97. The van der Waals surface area contributed by atoms with Gasteiger partial charge in [0, 0.05) is 6.42 Å². The SMILES string of the molecule is OCc1ncoc1Cc1ccccc1. The van der Waals surface area contributed by atoms with E-state index in [2.05, 4.69) is 4.98 Å². The Morgan fingerprint density at radius 3 is 2.71 bits per heavy atom. The molecule has 0 fully saturated rings. The number of hydrogen-bond donors (Lipinski definition) is 1. The molecule has 2 rings (SSSR count). The molecule has 0 spiro atoms. The third-order valence-electron chi connectivity index (χ3n) is 2.08. The number of aliphatic hydroxyl groups excluding tert-OH is 1. The lowest BCUT2D eigenvalue weighted by Crippen LogP contribution is -1.92. The van der Waals surface area contributed by atoms with Crippen LogP contribution in [0.3, 0.4) is 0 Å². The van der Waals surface area contributed by atoms with Gasteiger partial charge in [-0.25, -0.2) is 4.98 Å². The lowest BCUT2D eigenvalue weighted by Gasteiger charge is -1.98. The normalized spacial score (nSPS) is 10.4. The van der Waals surface area contributed by atoms with E-state index < -0.39 is 0 Å². The van der Waals surface area contributed by atoms with Crippen molar-refractivity contribution >= 4 is 0 Å². The molecule has 0 unspecified atom stereocenters. The average Bonchev–Trinajstić information content (AvgIpc) is 2.67. The standard InChI is InChI=1S/C11H11NO2/c13-7-10-11(14-8-12-10)6-9-4-2-1-3-5-9/h1-5,8,13H,6-7H2. The van der Waals surface area contributed by atoms with E-state index in [0.29, 0.717) is 12.1 Å². The van der Waals surface area contributed by atoms with Crippen LogP contribution in [0.5, 0.6) is 0 Å². The molecule has 14 heavy (non-hydrogen) atoms. The lowest BCUT2D eigenvalue weighted by atomic mass is 10.1. The van der Waals surface area contributed by atoms with Crippen molar-refractivity contribution in [2.75, 3.05) is 0 Å². The molecular formula is C11H11NO2. The predicted octanol–water partition coefficient (Wildman–Crippen LogP) is 1.76. The van der Waals surface area contributed by atoms with E-state index in [0.717, 1.165) is 11.3 Å². The van der Waals surface area contributed by atoms with Crippen molar-refractivity contribution in [3.63, 3.8) is 0 Å². The molecule has 1 N–H and O–H groups in total. The molecule has 1 heterocycles. The van der Waals surface area contributed by atoms with Gasteiger partial charge in [-0.2, -0.15) is 0 Å². The average molecular weight is 189 g/mol. The Kier molecular flexibility index (Phi) is 2.60. The number of oxazole rings is 1. The minimum Gasteiger partial charge on any atom is -0.448 e. The third-order valence-corrected chi connectivity index (χ3v) is 2.08. The number of rotatable bonds is 3. The Balaban J connectivity index is 2.19. The van der Waals surface area contributed by atoms with E-state index in [1.807, 2.05) is 30.3 Å². The summed E-state index contributed by atoms with van der Waals surface area (Å²) in [5, 5.41) is 8.96. The molecule has 0 saturated heterocycles. The molecule has 3 nitrogen and oxygen atoms in total. The van der Waals surface area contributed by atoms with Crippen LogP contribution in [0.25, 0.3) is 0 Å². The summed E-state index contributed by atoms with van der Waals surface area (Å²) in [6, 6.07) is 9.96. The van der Waals surface area contributed by atoms with Crippen LogP contribution >= 0.6 is 0 Å². The zero-order valence-electron chi connectivity index (χ0n) is 7.68. The van der Waals surface area contributed by atoms with Crippen molar-refractivity contribution < 1.29 is 9.52 Å². The van der Waals surface area contributed by atoms with Gasteiger partial charge in [-0.3, -0.25) is 0 Å². The first-order valence-electron chi connectivity index (χ1n) is 4.46. The maximum atomic E-state index is 8.96. The summed E-state index contributed by atoms with van der Waals surface area (Å²) in [6.07, 6.45) is 2.04. The first-order chi connectivity index (χ1) is 6.90. The Hall–Kier alpha value is -1.61. The van der Waals surface area contributed by atoms with Crippen molar-refractivity contribution in [2.24, 2.45) is 0 Å². The molecule has 2 aromatic rings. The van der Waals surface area contributed by atoms with E-state index in [9.17, 15) is 0 Å². The smallest absolute Gasteiger partial charge is 0.181 e. The van der Waals surface area contributed by atoms with E-state index in [1.165, 1.54) is 6.39 Å². The zero-order valence-corrected chi connectivity index (χ0v) is 7.68. The minimum absolute atomic E-state index is 0.0708. The van der Waals surface area contributed by atoms with Gasteiger partial charge >= 0.3 is 0 Å². The van der Waals surface area contributed by atoms with Gasteiger partial charge in [0.25, 0.3) is 0 Å². The van der Waals surface area contributed by atoms with Gasteiger partial charge in [-0.1, -0.05) is 30.3 Å². The largest absolute Gasteiger partial charge is 0.448 e. The summed E-state index contributed by atoms with van der Waals surface area (Å²) in [6.45, 7) is -0.0708. The summed E-state index contributed by atoms with van der Waals surface area (Å²) >= 11 is 0. The molecule has 1 aromatic heterocycles. The van der Waals surface area contributed by atoms with Gasteiger partial charge in [0.1, 0.15) is 11.5 Å². The fourth-order valence-corrected chi connectivity index (χ4v) is 1.35. The molecule has 0 radical (unpaired) electrons. The molecule has 0 saturated carbocycles. The Morgan fingerprint density at radius 1 is 1.21 bits per heavy atom. The van der Waals surface area contributed by atoms with E-state index in [1.54, 1.807) is 0 Å². The summed E-state index contributed by atoms with van der Waals surface area (Å²) in [5.74, 6) is 0.735. The molecule has 1 aromatic carbocycles. The molecular weight excluding hydrogens is 178 g/mol. The van der Waals surface area contributed by atoms with Gasteiger partial charge in [-0.15, -0.1) is 0 Å². The number of aliphatic hydroxyl groups is 1. The second kappa shape index (κ2) is 4.07. The van der Waals surface area contributed by atoms with Crippen molar-refractivity contribution in [3.05, 3.63) is 53.7 Å². The summed E-state index contributed by atoms with van der Waals surface area (Å²) in [7, 11) is 0. The number of benzene rings is 1. The number of hydrogen-bond acceptors (Lipinski definition) is 3. The van der Waals surface area contributed by atoms with Gasteiger partial charge in [-0.05, 0) is 5.56 Å². The molecule has 0 atom stereocenters. The molecule has 0 aliphatic heterocycles. The Bertz CT molecular complexity index is 395. The second-order valence-electron chi connectivity index (χ2n) is 3.04. The summed E-state index contributed by atoms with van der Waals surface area (Å²) in [4.78, 5) is 3.91. The second-order valence-corrected chi connectivity index (χ2v) is 3.04. The van der Waals surface area contributed by atoms with Crippen LogP contribution in [0.4, 0.5) is 0 Å². The van der Waals surface area contributed by atoms with E-state index >= 15 is 0 Å². The van der Waals surface area contributed by atoms with Gasteiger partial charge in [0.15, 0.2) is 6.39 Å². The molecule has 72 valence electrons. The maximum Gasteiger partial charge on any atom is 0.181 e. The van der Waals surface area contributed by atoms with Crippen molar-refractivity contribution in [3.8, 4) is 0 Å². The maximum absolute atomic E-state index is 8.96. The van der Waals surface area contributed by atoms with Crippen LogP contribution in [0.2, 0.25) is 0 Å². The van der Waals surface area contributed by atoms with E-state index in [4.69, 9.17) is 9.52 Å². The van der Waals surface area contributed by atoms with Crippen LogP contribution in [-0.2, 0) is 13.0 Å². The Labute approximate surface area is 82.0 Å². The molecule has 3 heteroatoms. The lowest BCUT2D eigenvalue weighted by molar-refractivity contribution is 0.274. The number of nitrogens with zero attached hydrogens (tertiary/aromatic N) is 1. The van der Waals surface area contributed by atoms with Crippen molar-refractivity contribution in [1.29, 1.82) is 0 Å². The van der Waals surface area contributed by atoms with Crippen LogP contribution in [0.15, 0.2) is 41.1 Å². The minimum atomic E-state index is -0.0708. The first-order valence-corrected chi connectivity index (χ1v) is 4.46. The topological polar surface area (TPSA) is 46.3 Å². The highest BCUT2D eigenvalue weighted by molar-refractivity contribution is 5.22. The van der Waals surface area contributed by atoms with Gasteiger partial charge < -0.3 is 9.52 Å². The Morgan fingerprint density at radius 2 is 2.00 bits per heavy atom. The highest BCUT2D eigenvalue weighted by atomic mass is 16.3. The number of aromatic nitrogens is 1. The summed E-state index contributed by atoms with van der Waals surface area (Å²) in [5.41, 5.74) is 1.77. The molecule has 0 bridgehead atoms. The van der Waals surface area contributed by atoms with Crippen LogP contribution in [0, 0.1) is 0 Å². The quantitative estimate of drug-likeness (QED) is 0.800. The molecule has 0 aliphatic carbocycles. The van der Waals surface area contributed by atoms with Crippen LogP contribution < -0.4 is 0 Å². The fraction of sp³-hybridized carbons (Fsp3) is 0.182.